The second-order valence-corrected chi connectivity index (χ2v) is 8.88. The monoisotopic (exact) mass is 469 g/mol. The van der Waals surface area contributed by atoms with Crippen LogP contribution in [0.25, 0.3) is 20.2 Å². The highest BCUT2D eigenvalue weighted by molar-refractivity contribution is 9.10. The molecule has 2 heterocycles. The van der Waals surface area contributed by atoms with Crippen molar-refractivity contribution in [1.82, 2.24) is 15.1 Å². The summed E-state index contributed by atoms with van der Waals surface area (Å²) in [5.74, 6) is -0.208. The minimum absolute atomic E-state index is 0.208. The molecule has 0 radical (unpaired) electrons. The second-order valence-electron chi connectivity index (χ2n) is 6.91. The van der Waals surface area contributed by atoms with E-state index in [0.717, 1.165) is 30.5 Å². The van der Waals surface area contributed by atoms with Crippen molar-refractivity contribution >= 4 is 53.3 Å². The number of hydrogen-bond donors (Lipinski definition) is 1. The van der Waals surface area contributed by atoms with Gasteiger partial charge in [0, 0.05) is 21.1 Å². The van der Waals surface area contributed by atoms with Gasteiger partial charge in [0.1, 0.15) is 6.04 Å². The number of nitrogens with zero attached hydrogens (tertiary/aromatic N) is 2. The van der Waals surface area contributed by atoms with Crippen LogP contribution >= 0.6 is 27.3 Å². The van der Waals surface area contributed by atoms with E-state index in [0.29, 0.717) is 18.4 Å². The Kier molecular flexibility index (Phi) is 5.52. The Hall–Kier alpha value is -2.51. The lowest BCUT2D eigenvalue weighted by Gasteiger charge is -2.17. The van der Waals surface area contributed by atoms with E-state index < -0.39 is 6.04 Å². The quantitative estimate of drug-likeness (QED) is 0.449. The fourth-order valence-corrected chi connectivity index (χ4v) is 5.10. The van der Waals surface area contributed by atoms with E-state index >= 15 is 0 Å². The van der Waals surface area contributed by atoms with Gasteiger partial charge in [-0.25, -0.2) is 4.68 Å². The molecule has 0 unspecified atom stereocenters. The van der Waals surface area contributed by atoms with Crippen LogP contribution in [0.2, 0.25) is 0 Å². The molecule has 0 saturated heterocycles. The number of rotatable bonds is 5. The molecule has 0 aliphatic rings. The van der Waals surface area contributed by atoms with Crippen molar-refractivity contribution in [2.45, 2.75) is 32.9 Å². The highest BCUT2D eigenvalue weighted by Crippen LogP contribution is 2.33. The van der Waals surface area contributed by atoms with Gasteiger partial charge in [0.25, 0.3) is 5.56 Å². The molecule has 2 aromatic carbocycles. The van der Waals surface area contributed by atoms with Crippen LogP contribution in [0.3, 0.4) is 0 Å². The molecule has 1 amide bonds. The largest absolute Gasteiger partial charge is 0.350 e. The van der Waals surface area contributed by atoms with Crippen molar-refractivity contribution in [1.29, 1.82) is 0 Å². The number of halogens is 1. The van der Waals surface area contributed by atoms with Crippen molar-refractivity contribution in [2.75, 3.05) is 0 Å². The van der Waals surface area contributed by atoms with Gasteiger partial charge in [0.05, 0.1) is 15.8 Å². The number of carbonyl (C=O) groups excluding carboxylic acids is 1. The molecule has 29 heavy (non-hydrogen) atoms. The molecular weight excluding hydrogens is 450 g/mol. The fraction of sp³-hybridized carbons (Fsp3) is 0.227. The van der Waals surface area contributed by atoms with E-state index in [1.807, 2.05) is 62.4 Å². The zero-order valence-electron chi connectivity index (χ0n) is 16.1. The van der Waals surface area contributed by atoms with Crippen LogP contribution in [0.15, 0.2) is 57.8 Å². The lowest BCUT2D eigenvalue weighted by molar-refractivity contribution is -0.125. The Balaban J connectivity index is 1.71. The number of nitrogens with one attached hydrogen (secondary N) is 1. The lowest BCUT2D eigenvalue weighted by atomic mass is 10.1. The Morgan fingerprint density at radius 1 is 1.24 bits per heavy atom. The lowest BCUT2D eigenvalue weighted by Crippen LogP contribution is -2.38. The third kappa shape index (κ3) is 3.72. The number of aryl methyl sites for hydroxylation is 1. The van der Waals surface area contributed by atoms with Gasteiger partial charge in [-0.3, -0.25) is 9.59 Å². The summed E-state index contributed by atoms with van der Waals surface area (Å²) in [6.45, 7) is 4.18. The molecule has 4 aromatic rings. The van der Waals surface area contributed by atoms with Crippen LogP contribution in [0, 0.1) is 6.92 Å². The van der Waals surface area contributed by atoms with Gasteiger partial charge in [0.2, 0.25) is 5.91 Å². The highest BCUT2D eigenvalue weighted by atomic mass is 79.9. The normalized spacial score (nSPS) is 12.4. The third-order valence-corrected chi connectivity index (χ3v) is 6.72. The van der Waals surface area contributed by atoms with E-state index in [9.17, 15) is 9.59 Å². The van der Waals surface area contributed by atoms with Gasteiger partial charge >= 0.3 is 0 Å². The van der Waals surface area contributed by atoms with Gasteiger partial charge < -0.3 is 5.32 Å². The Morgan fingerprint density at radius 3 is 2.79 bits per heavy atom. The number of aromatic nitrogens is 2. The van der Waals surface area contributed by atoms with Crippen LogP contribution in [-0.4, -0.2) is 15.7 Å². The fourth-order valence-electron chi connectivity index (χ4n) is 3.51. The van der Waals surface area contributed by atoms with Crippen molar-refractivity contribution in [3.8, 4) is 0 Å². The summed E-state index contributed by atoms with van der Waals surface area (Å²) in [4.78, 5) is 26.2. The van der Waals surface area contributed by atoms with E-state index in [2.05, 4.69) is 26.3 Å². The number of carbonyl (C=O) groups is 1. The maximum absolute atomic E-state index is 13.3. The van der Waals surface area contributed by atoms with Crippen LogP contribution in [0.1, 0.15) is 30.6 Å². The Morgan fingerprint density at radius 2 is 2.03 bits per heavy atom. The summed E-state index contributed by atoms with van der Waals surface area (Å²) in [5.41, 5.74) is 1.53. The number of hydrogen-bond acceptors (Lipinski definition) is 4. The molecule has 148 valence electrons. The first-order chi connectivity index (χ1) is 14.0. The maximum atomic E-state index is 13.3. The van der Waals surface area contributed by atoms with Crippen molar-refractivity contribution < 1.29 is 4.79 Å². The molecule has 2 aromatic heterocycles. The second kappa shape index (κ2) is 8.08. The number of benzene rings is 2. The molecule has 0 saturated carbocycles. The van der Waals surface area contributed by atoms with Crippen molar-refractivity contribution in [3.63, 3.8) is 0 Å². The molecule has 1 N–H and O–H groups in total. The third-order valence-electron chi connectivity index (χ3n) is 4.94. The van der Waals surface area contributed by atoms with E-state index in [4.69, 9.17) is 0 Å². The van der Waals surface area contributed by atoms with Gasteiger partial charge in [-0.05, 0) is 37.1 Å². The zero-order chi connectivity index (χ0) is 20.5. The number of thiophene rings is 1. The van der Waals surface area contributed by atoms with Crippen LogP contribution in [-0.2, 0) is 11.3 Å². The highest BCUT2D eigenvalue weighted by Gasteiger charge is 2.24. The summed E-state index contributed by atoms with van der Waals surface area (Å²) in [6.07, 6.45) is 0.476. The molecule has 0 aliphatic heterocycles. The van der Waals surface area contributed by atoms with Gasteiger partial charge in [-0.15, -0.1) is 11.3 Å². The van der Waals surface area contributed by atoms with Gasteiger partial charge in [-0.1, -0.05) is 53.2 Å². The predicted octanol–water partition coefficient (Wildman–Crippen LogP) is 4.95. The van der Waals surface area contributed by atoms with Crippen LogP contribution in [0.5, 0.6) is 0 Å². The first kappa shape index (κ1) is 19.8. The average Bonchev–Trinajstić information content (AvgIpc) is 3.11. The van der Waals surface area contributed by atoms with Crippen LogP contribution in [0.4, 0.5) is 0 Å². The summed E-state index contributed by atoms with van der Waals surface area (Å²) < 4.78 is 4.25. The number of fused-ring (bicyclic) bond motifs is 3. The molecule has 0 spiro atoms. The molecule has 5 nitrogen and oxygen atoms in total. The first-order valence-electron chi connectivity index (χ1n) is 9.42. The first-order valence-corrected chi connectivity index (χ1v) is 11.0. The SMILES string of the molecule is CC[C@H](C(=O)NCc1cccc(Br)c1)n1nc(C)c2sc3ccccc3c2c1=O. The maximum Gasteiger partial charge on any atom is 0.276 e. The van der Waals surface area contributed by atoms with Crippen molar-refractivity contribution in [3.05, 3.63) is 74.6 Å². The van der Waals surface area contributed by atoms with Crippen molar-refractivity contribution in [2.24, 2.45) is 0 Å². The smallest absolute Gasteiger partial charge is 0.276 e. The summed E-state index contributed by atoms with van der Waals surface area (Å²) >= 11 is 5.00. The Labute approximate surface area is 180 Å². The summed E-state index contributed by atoms with van der Waals surface area (Å²) in [7, 11) is 0. The molecule has 0 bridgehead atoms. The van der Waals surface area contributed by atoms with E-state index in [-0.39, 0.29) is 11.5 Å². The van der Waals surface area contributed by atoms with Gasteiger partial charge in [-0.2, -0.15) is 5.10 Å². The minimum atomic E-state index is -0.656. The predicted molar refractivity (Wildman–Crippen MR) is 121 cm³/mol. The zero-order valence-corrected chi connectivity index (χ0v) is 18.5. The molecule has 0 fully saturated rings. The van der Waals surface area contributed by atoms with Crippen LogP contribution < -0.4 is 10.9 Å². The topological polar surface area (TPSA) is 64.0 Å². The standard InChI is InChI=1S/C22H20BrN3O2S/c1-3-17(21(27)24-12-14-7-6-8-15(23)11-14)26-22(28)19-16-9-4-5-10-18(16)29-20(19)13(2)25-26/h4-11,17H,3,12H2,1-2H3,(H,24,27)/t17-/m1/s1. The minimum Gasteiger partial charge on any atom is -0.350 e. The Bertz CT molecular complexity index is 1280. The van der Waals surface area contributed by atoms with E-state index in [1.165, 1.54) is 4.68 Å². The molecule has 4 rings (SSSR count). The average molecular weight is 470 g/mol. The number of amides is 1. The summed E-state index contributed by atoms with van der Waals surface area (Å²) in [5, 5.41) is 9.02. The molecule has 0 aliphatic carbocycles. The molecular formula is C22H20BrN3O2S. The van der Waals surface area contributed by atoms with Gasteiger partial charge in [0.15, 0.2) is 0 Å². The molecule has 1 atom stereocenters. The molecule has 7 heteroatoms. The van der Waals surface area contributed by atoms with E-state index in [1.54, 1.807) is 11.3 Å². The summed E-state index contributed by atoms with van der Waals surface area (Å²) in [6, 6.07) is 15.0.